The van der Waals surface area contributed by atoms with Gasteiger partial charge in [-0.1, -0.05) is 17.4 Å². The fourth-order valence-electron chi connectivity index (χ4n) is 1.34. The zero-order valence-electron chi connectivity index (χ0n) is 9.44. The predicted octanol–water partition coefficient (Wildman–Crippen LogP) is 2.17. The van der Waals surface area contributed by atoms with Crippen LogP contribution in [0.2, 0.25) is 0 Å². The Kier molecular flexibility index (Phi) is 3.38. The van der Waals surface area contributed by atoms with Gasteiger partial charge in [-0.05, 0) is 13.0 Å². The summed E-state index contributed by atoms with van der Waals surface area (Å²) in [6.45, 7) is 1.78. The average molecular weight is 266 g/mol. The van der Waals surface area contributed by atoms with Gasteiger partial charge in [0.15, 0.2) is 5.01 Å². The summed E-state index contributed by atoms with van der Waals surface area (Å²) in [4.78, 5) is 10.2. The number of aromatic nitrogens is 2. The Morgan fingerprint density at radius 1 is 1.50 bits per heavy atom. The van der Waals surface area contributed by atoms with E-state index in [-0.39, 0.29) is 11.8 Å². The second-order valence-electron chi connectivity index (χ2n) is 3.49. The Balaban J connectivity index is 2.14. The molecule has 18 heavy (non-hydrogen) atoms. The number of ether oxygens (including phenoxy) is 1. The standard InChI is InChI=1S/C10H10N4O3S/c1-6(9-12-13-10(11)18-9)17-8-4-2-3-7(5-8)14(15)16/h2-6H,1H3,(H2,11,13). The van der Waals surface area contributed by atoms with Gasteiger partial charge in [0.25, 0.3) is 5.69 Å². The van der Waals surface area contributed by atoms with E-state index in [9.17, 15) is 10.1 Å². The molecule has 0 spiro atoms. The van der Waals surface area contributed by atoms with Gasteiger partial charge in [-0.3, -0.25) is 10.1 Å². The van der Waals surface area contributed by atoms with Crippen LogP contribution in [0.5, 0.6) is 5.75 Å². The third-order valence-electron chi connectivity index (χ3n) is 2.15. The molecule has 0 aliphatic rings. The van der Waals surface area contributed by atoms with Gasteiger partial charge in [0.1, 0.15) is 11.9 Å². The molecule has 0 saturated carbocycles. The van der Waals surface area contributed by atoms with Crippen molar-refractivity contribution in [3.8, 4) is 5.75 Å². The van der Waals surface area contributed by atoms with Gasteiger partial charge in [-0.2, -0.15) is 0 Å². The first-order chi connectivity index (χ1) is 8.56. The summed E-state index contributed by atoms with van der Waals surface area (Å²) in [5.41, 5.74) is 5.46. The number of nitrogen functional groups attached to an aromatic ring is 1. The third-order valence-corrected chi connectivity index (χ3v) is 3.06. The van der Waals surface area contributed by atoms with E-state index < -0.39 is 4.92 Å². The van der Waals surface area contributed by atoms with Crippen LogP contribution in [0, 0.1) is 10.1 Å². The molecule has 1 aromatic heterocycles. The highest BCUT2D eigenvalue weighted by Gasteiger charge is 2.14. The Bertz CT molecular complexity index is 572. The van der Waals surface area contributed by atoms with Crippen LogP contribution in [0.15, 0.2) is 24.3 Å². The summed E-state index contributed by atoms with van der Waals surface area (Å²) in [7, 11) is 0. The number of rotatable bonds is 4. The summed E-state index contributed by atoms with van der Waals surface area (Å²) in [6, 6.07) is 5.98. The molecule has 1 unspecified atom stereocenters. The predicted molar refractivity (Wildman–Crippen MR) is 66.5 cm³/mol. The van der Waals surface area contributed by atoms with Crippen molar-refractivity contribution in [3.63, 3.8) is 0 Å². The highest BCUT2D eigenvalue weighted by Crippen LogP contribution is 2.27. The maximum Gasteiger partial charge on any atom is 0.273 e. The molecule has 2 rings (SSSR count). The molecule has 7 nitrogen and oxygen atoms in total. The van der Waals surface area contributed by atoms with Crippen LogP contribution in [-0.4, -0.2) is 15.1 Å². The van der Waals surface area contributed by atoms with Crippen molar-refractivity contribution in [2.45, 2.75) is 13.0 Å². The fraction of sp³-hybridized carbons (Fsp3) is 0.200. The van der Waals surface area contributed by atoms with E-state index in [2.05, 4.69) is 10.2 Å². The van der Waals surface area contributed by atoms with Gasteiger partial charge >= 0.3 is 0 Å². The number of benzene rings is 1. The summed E-state index contributed by atoms with van der Waals surface area (Å²) in [5, 5.41) is 19.1. The molecule has 0 radical (unpaired) electrons. The van der Waals surface area contributed by atoms with E-state index in [0.717, 1.165) is 0 Å². The van der Waals surface area contributed by atoms with E-state index in [1.165, 1.54) is 23.5 Å². The molecular weight excluding hydrogens is 256 g/mol. The molecule has 1 atom stereocenters. The topological polar surface area (TPSA) is 104 Å². The summed E-state index contributed by atoms with van der Waals surface area (Å²) in [6.07, 6.45) is -0.359. The summed E-state index contributed by atoms with van der Waals surface area (Å²) >= 11 is 1.22. The SMILES string of the molecule is CC(Oc1cccc([N+](=O)[O-])c1)c1nnc(N)s1. The molecule has 2 N–H and O–H groups in total. The van der Waals surface area contributed by atoms with Crippen LogP contribution in [0.3, 0.4) is 0 Å². The Morgan fingerprint density at radius 3 is 2.89 bits per heavy atom. The van der Waals surface area contributed by atoms with Crippen molar-refractivity contribution in [2.75, 3.05) is 5.73 Å². The maximum atomic E-state index is 10.6. The van der Waals surface area contributed by atoms with Crippen molar-refractivity contribution in [2.24, 2.45) is 0 Å². The van der Waals surface area contributed by atoms with Crippen molar-refractivity contribution < 1.29 is 9.66 Å². The normalized spacial score (nSPS) is 12.1. The highest BCUT2D eigenvalue weighted by molar-refractivity contribution is 7.15. The van der Waals surface area contributed by atoms with Crippen molar-refractivity contribution >= 4 is 22.2 Å². The zero-order valence-corrected chi connectivity index (χ0v) is 10.3. The Labute approximate surface area is 106 Å². The second kappa shape index (κ2) is 4.96. The molecular formula is C10H10N4O3S. The van der Waals surface area contributed by atoms with Crippen LogP contribution in [0.4, 0.5) is 10.8 Å². The number of nitrogens with two attached hydrogens (primary N) is 1. The van der Waals surface area contributed by atoms with E-state index in [4.69, 9.17) is 10.5 Å². The van der Waals surface area contributed by atoms with Crippen molar-refractivity contribution in [1.82, 2.24) is 10.2 Å². The minimum atomic E-state index is -0.472. The average Bonchev–Trinajstić information content (AvgIpc) is 2.76. The molecule has 94 valence electrons. The molecule has 8 heteroatoms. The minimum absolute atomic E-state index is 0.0172. The van der Waals surface area contributed by atoms with Crippen LogP contribution < -0.4 is 10.5 Å². The van der Waals surface area contributed by atoms with E-state index in [1.54, 1.807) is 19.1 Å². The second-order valence-corrected chi connectivity index (χ2v) is 4.53. The lowest BCUT2D eigenvalue weighted by Crippen LogP contribution is -2.03. The summed E-state index contributed by atoms with van der Waals surface area (Å²) in [5.74, 6) is 0.408. The lowest BCUT2D eigenvalue weighted by atomic mass is 10.3. The maximum absolute atomic E-state index is 10.6. The van der Waals surface area contributed by atoms with Gasteiger partial charge in [0, 0.05) is 6.07 Å². The highest BCUT2D eigenvalue weighted by atomic mass is 32.1. The number of anilines is 1. The van der Waals surface area contributed by atoms with Gasteiger partial charge < -0.3 is 10.5 Å². The van der Waals surface area contributed by atoms with Gasteiger partial charge in [0.2, 0.25) is 5.13 Å². The molecule has 1 aromatic carbocycles. The molecule has 0 bridgehead atoms. The van der Waals surface area contributed by atoms with E-state index in [0.29, 0.717) is 15.9 Å². The van der Waals surface area contributed by atoms with Crippen LogP contribution in [0.25, 0.3) is 0 Å². The molecule has 0 aliphatic heterocycles. The molecule has 0 aliphatic carbocycles. The largest absolute Gasteiger partial charge is 0.483 e. The van der Waals surface area contributed by atoms with E-state index in [1.807, 2.05) is 0 Å². The lowest BCUT2D eigenvalue weighted by Gasteiger charge is -2.11. The van der Waals surface area contributed by atoms with Crippen molar-refractivity contribution in [3.05, 3.63) is 39.4 Å². The molecule has 2 aromatic rings. The Morgan fingerprint density at radius 2 is 2.28 bits per heavy atom. The minimum Gasteiger partial charge on any atom is -0.483 e. The van der Waals surface area contributed by atoms with E-state index >= 15 is 0 Å². The quantitative estimate of drug-likeness (QED) is 0.671. The number of hydrogen-bond donors (Lipinski definition) is 1. The third kappa shape index (κ3) is 2.72. The van der Waals surface area contributed by atoms with Gasteiger partial charge in [-0.15, -0.1) is 10.2 Å². The number of nitro benzene ring substituents is 1. The van der Waals surface area contributed by atoms with Crippen molar-refractivity contribution in [1.29, 1.82) is 0 Å². The van der Waals surface area contributed by atoms with Crippen LogP contribution >= 0.6 is 11.3 Å². The van der Waals surface area contributed by atoms with Gasteiger partial charge in [0.05, 0.1) is 11.0 Å². The summed E-state index contributed by atoms with van der Waals surface area (Å²) < 4.78 is 5.55. The van der Waals surface area contributed by atoms with Gasteiger partial charge in [-0.25, -0.2) is 0 Å². The lowest BCUT2D eigenvalue weighted by molar-refractivity contribution is -0.384. The molecule has 0 saturated heterocycles. The smallest absolute Gasteiger partial charge is 0.273 e. The zero-order chi connectivity index (χ0) is 13.1. The number of non-ortho nitro benzene ring substituents is 1. The monoisotopic (exact) mass is 266 g/mol. The molecule has 1 heterocycles. The first-order valence-corrected chi connectivity index (χ1v) is 5.88. The fourth-order valence-corrected chi connectivity index (χ4v) is 1.93. The number of nitrogens with zero attached hydrogens (tertiary/aromatic N) is 3. The number of hydrogen-bond acceptors (Lipinski definition) is 7. The molecule has 0 fully saturated rings. The Hall–Kier alpha value is -2.22. The van der Waals surface area contributed by atoms with Crippen LogP contribution in [0.1, 0.15) is 18.0 Å². The first-order valence-electron chi connectivity index (χ1n) is 5.06. The molecule has 0 amide bonds. The van der Waals surface area contributed by atoms with Crippen LogP contribution in [-0.2, 0) is 0 Å². The first kappa shape index (κ1) is 12.2. The number of nitro groups is 1.